The quantitative estimate of drug-likeness (QED) is 0.731. The predicted molar refractivity (Wildman–Crippen MR) is 107 cm³/mol. The summed E-state index contributed by atoms with van der Waals surface area (Å²) in [6, 6.07) is 12.5. The van der Waals surface area contributed by atoms with Gasteiger partial charge in [-0.05, 0) is 58.6 Å². The van der Waals surface area contributed by atoms with Crippen molar-refractivity contribution in [3.63, 3.8) is 0 Å². The predicted octanol–water partition coefficient (Wildman–Crippen LogP) is 4.25. The lowest BCUT2D eigenvalue weighted by atomic mass is 10.0. The van der Waals surface area contributed by atoms with E-state index in [1.165, 1.54) is 0 Å². The summed E-state index contributed by atoms with van der Waals surface area (Å²) < 4.78 is 11.6. The van der Waals surface area contributed by atoms with Crippen molar-refractivity contribution in [2.24, 2.45) is 0 Å². The fraction of sp³-hybridized carbons (Fsp3) is 0.400. The van der Waals surface area contributed by atoms with E-state index in [0.717, 1.165) is 48.2 Å². The number of nitrogens with one attached hydrogen (secondary N) is 1. The molecule has 0 unspecified atom stereocenters. The molecular weight excluding hydrogens is 396 g/mol. The fourth-order valence-electron chi connectivity index (χ4n) is 3.33. The smallest absolute Gasteiger partial charge is 0.200 e. The highest BCUT2D eigenvalue weighted by atomic mass is 79.9. The summed E-state index contributed by atoms with van der Waals surface area (Å²) in [5.41, 5.74) is 2.23. The molecule has 0 spiro atoms. The lowest BCUT2D eigenvalue weighted by Gasteiger charge is -2.33. The van der Waals surface area contributed by atoms with Gasteiger partial charge in [0.05, 0.1) is 14.2 Å². The fourth-order valence-corrected chi connectivity index (χ4v) is 3.73. The summed E-state index contributed by atoms with van der Waals surface area (Å²) in [6.07, 6.45) is 2.18. The van der Waals surface area contributed by atoms with Crippen LogP contribution in [0.2, 0.25) is 0 Å². The van der Waals surface area contributed by atoms with Gasteiger partial charge in [-0.2, -0.15) is 0 Å². The van der Waals surface area contributed by atoms with Gasteiger partial charge < -0.3 is 19.9 Å². The van der Waals surface area contributed by atoms with Crippen LogP contribution in [0.25, 0.3) is 0 Å². The number of phenols is 1. The third-order valence-corrected chi connectivity index (χ3v) is 5.46. The van der Waals surface area contributed by atoms with Crippen LogP contribution in [0.5, 0.6) is 17.2 Å². The van der Waals surface area contributed by atoms with Crippen LogP contribution in [0.15, 0.2) is 40.9 Å². The van der Waals surface area contributed by atoms with Crippen LogP contribution in [0, 0.1) is 0 Å². The van der Waals surface area contributed by atoms with Crippen molar-refractivity contribution in [3.8, 4) is 17.2 Å². The van der Waals surface area contributed by atoms with Gasteiger partial charge in [-0.25, -0.2) is 0 Å². The van der Waals surface area contributed by atoms with E-state index in [-0.39, 0.29) is 5.75 Å². The molecule has 2 aromatic rings. The first-order chi connectivity index (χ1) is 12.6. The molecule has 1 aliphatic heterocycles. The van der Waals surface area contributed by atoms with E-state index in [1.54, 1.807) is 14.2 Å². The molecule has 5 nitrogen and oxygen atoms in total. The molecule has 0 bridgehead atoms. The number of anilines is 1. The second-order valence-electron chi connectivity index (χ2n) is 6.52. The molecule has 2 aromatic carbocycles. The van der Waals surface area contributed by atoms with Gasteiger partial charge >= 0.3 is 0 Å². The molecule has 6 heteroatoms. The summed E-state index contributed by atoms with van der Waals surface area (Å²) in [4.78, 5) is 2.42. The third-order valence-electron chi connectivity index (χ3n) is 4.77. The van der Waals surface area contributed by atoms with Crippen LogP contribution in [0.3, 0.4) is 0 Å². The molecule has 1 fully saturated rings. The van der Waals surface area contributed by atoms with Crippen LogP contribution < -0.4 is 14.8 Å². The van der Waals surface area contributed by atoms with Gasteiger partial charge in [-0.1, -0.05) is 12.1 Å². The van der Waals surface area contributed by atoms with E-state index in [9.17, 15) is 5.11 Å². The van der Waals surface area contributed by atoms with Crippen molar-refractivity contribution >= 4 is 21.6 Å². The van der Waals surface area contributed by atoms with Gasteiger partial charge in [0.2, 0.25) is 5.75 Å². The number of ether oxygens (including phenoxy) is 2. The Hall–Kier alpha value is -1.92. The Morgan fingerprint density at radius 1 is 1.12 bits per heavy atom. The maximum atomic E-state index is 10.0. The van der Waals surface area contributed by atoms with Crippen molar-refractivity contribution < 1.29 is 14.6 Å². The van der Waals surface area contributed by atoms with Gasteiger partial charge in [0, 0.05) is 35.8 Å². The van der Waals surface area contributed by atoms with E-state index in [1.807, 2.05) is 24.3 Å². The van der Waals surface area contributed by atoms with Crippen molar-refractivity contribution in [2.45, 2.75) is 25.4 Å². The molecule has 0 aromatic heterocycles. The van der Waals surface area contributed by atoms with E-state index in [2.05, 4.69) is 38.3 Å². The first-order valence-corrected chi connectivity index (χ1v) is 9.57. The normalized spacial score (nSPS) is 15.7. The molecule has 0 radical (unpaired) electrons. The number of benzene rings is 2. The number of likely N-dealkylation sites (tertiary alicyclic amines) is 1. The van der Waals surface area contributed by atoms with Crippen molar-refractivity contribution in [3.05, 3.63) is 46.4 Å². The number of hydrogen-bond donors (Lipinski definition) is 2. The number of para-hydroxylation sites is 1. The number of aromatic hydroxyl groups is 1. The zero-order chi connectivity index (χ0) is 18.5. The standard InChI is InChI=1S/C20H25BrN2O3/c1-25-18-11-14(12-19(26-2)20(18)24)13-23-9-7-15(8-10-23)22-17-6-4-3-5-16(17)21/h3-6,11-12,15,22,24H,7-10,13H2,1-2H3. The molecule has 0 aliphatic carbocycles. The number of phenolic OH excluding ortho intramolecular Hbond substituents is 1. The van der Waals surface area contributed by atoms with Crippen molar-refractivity contribution in [1.82, 2.24) is 4.90 Å². The largest absolute Gasteiger partial charge is 0.502 e. The first kappa shape index (κ1) is 18.9. The third kappa shape index (κ3) is 4.43. The molecule has 1 saturated heterocycles. The number of rotatable bonds is 6. The van der Waals surface area contributed by atoms with Crippen LogP contribution in [0.4, 0.5) is 5.69 Å². The number of halogens is 1. The highest BCUT2D eigenvalue weighted by molar-refractivity contribution is 9.10. The molecule has 1 aliphatic rings. The topological polar surface area (TPSA) is 54.0 Å². The second-order valence-corrected chi connectivity index (χ2v) is 7.38. The molecule has 0 atom stereocenters. The zero-order valence-corrected chi connectivity index (χ0v) is 16.8. The molecule has 2 N–H and O–H groups in total. The lowest BCUT2D eigenvalue weighted by Crippen LogP contribution is -2.38. The minimum atomic E-state index is 0.0510. The van der Waals surface area contributed by atoms with Gasteiger partial charge in [0.1, 0.15) is 0 Å². The number of nitrogens with zero attached hydrogens (tertiary/aromatic N) is 1. The Morgan fingerprint density at radius 2 is 1.73 bits per heavy atom. The summed E-state index contributed by atoms with van der Waals surface area (Å²) in [5.74, 6) is 0.949. The molecular formula is C20H25BrN2O3. The minimum absolute atomic E-state index is 0.0510. The molecule has 3 rings (SSSR count). The van der Waals surface area contributed by atoms with E-state index < -0.39 is 0 Å². The molecule has 26 heavy (non-hydrogen) atoms. The molecule has 1 heterocycles. The van der Waals surface area contributed by atoms with Gasteiger partial charge in [0.25, 0.3) is 0 Å². The van der Waals surface area contributed by atoms with Gasteiger partial charge in [-0.15, -0.1) is 0 Å². The maximum Gasteiger partial charge on any atom is 0.200 e. The number of methoxy groups -OCH3 is 2. The molecule has 140 valence electrons. The Labute approximate surface area is 163 Å². The highest BCUT2D eigenvalue weighted by Crippen LogP contribution is 2.37. The summed E-state index contributed by atoms with van der Waals surface area (Å²) >= 11 is 3.60. The molecule has 0 saturated carbocycles. The van der Waals surface area contributed by atoms with Gasteiger partial charge in [-0.3, -0.25) is 4.90 Å². The van der Waals surface area contributed by atoms with Gasteiger partial charge in [0.15, 0.2) is 11.5 Å². The Bertz CT molecular complexity index is 721. The maximum absolute atomic E-state index is 10.0. The van der Waals surface area contributed by atoms with Crippen molar-refractivity contribution in [2.75, 3.05) is 32.6 Å². The Morgan fingerprint density at radius 3 is 2.31 bits per heavy atom. The molecule has 0 amide bonds. The van der Waals surface area contributed by atoms with Crippen molar-refractivity contribution in [1.29, 1.82) is 0 Å². The van der Waals surface area contributed by atoms with Crippen LogP contribution in [-0.2, 0) is 6.54 Å². The summed E-state index contributed by atoms with van der Waals surface area (Å²) in [6.45, 7) is 2.86. The number of hydrogen-bond acceptors (Lipinski definition) is 5. The number of piperidine rings is 1. The van der Waals surface area contributed by atoms with Crippen LogP contribution in [-0.4, -0.2) is 43.4 Å². The zero-order valence-electron chi connectivity index (χ0n) is 15.2. The Kier molecular flexibility index (Phi) is 6.27. The Balaban J connectivity index is 1.58. The average molecular weight is 421 g/mol. The minimum Gasteiger partial charge on any atom is -0.502 e. The van der Waals surface area contributed by atoms with E-state index in [4.69, 9.17) is 9.47 Å². The summed E-state index contributed by atoms with van der Waals surface area (Å²) in [7, 11) is 3.11. The van der Waals surface area contributed by atoms with Crippen LogP contribution >= 0.6 is 15.9 Å². The van der Waals surface area contributed by atoms with E-state index in [0.29, 0.717) is 17.5 Å². The highest BCUT2D eigenvalue weighted by Gasteiger charge is 2.21. The summed E-state index contributed by atoms with van der Waals surface area (Å²) in [5, 5.41) is 13.7. The van der Waals surface area contributed by atoms with E-state index >= 15 is 0 Å². The SMILES string of the molecule is COc1cc(CN2CCC(Nc3ccccc3Br)CC2)cc(OC)c1O. The average Bonchev–Trinajstić information content (AvgIpc) is 2.66. The second kappa shape index (κ2) is 8.64. The first-order valence-electron chi connectivity index (χ1n) is 8.78. The lowest BCUT2D eigenvalue weighted by molar-refractivity contribution is 0.210. The monoisotopic (exact) mass is 420 g/mol. The van der Waals surface area contributed by atoms with Crippen LogP contribution in [0.1, 0.15) is 18.4 Å².